The second-order valence-electron chi connectivity index (χ2n) is 19.7. The van der Waals surface area contributed by atoms with Crippen molar-refractivity contribution >= 4 is 56.4 Å². The largest absolute Gasteiger partial charge is 0.458 e. The van der Waals surface area contributed by atoms with Gasteiger partial charge in [0, 0.05) is 56.5 Å². The Morgan fingerprint density at radius 2 is 1.66 bits per heavy atom. The summed E-state index contributed by atoms with van der Waals surface area (Å²) >= 11 is 1.88. The lowest BCUT2D eigenvalue weighted by Crippen LogP contribution is -2.44. The molecule has 1 aliphatic carbocycles. The molecule has 5 aromatic rings. The Morgan fingerprint density at radius 1 is 0.941 bits per heavy atom. The highest BCUT2D eigenvalue weighted by molar-refractivity contribution is 7.20. The standard InChI is InChI=1S/C53H71N7O7S/c1-5-6-18-45-58-47-48(60(45)33-35-21-28-64-29-22-35)49-43(56-50(47)54)32-44(68-49)36-19-25-59(26-20-36)27-31-65-30-23-46(61)55-24-12-11-17-42(51(62)67-53(2,3)4)57-52(63)66-34-41-39-15-9-7-13-37(39)38-14-8-10-16-40(38)41/h7-10,13-16,32,35-36,41-42H,5-6,11-12,17-31,33-34H2,1-4H3,(H2,54,56)(H,55,61)(H,57,63)/t42-/m0/s1. The first kappa shape index (κ1) is 49.3. The topological polar surface area (TPSA) is 172 Å². The number of imidazole rings is 1. The number of unbranched alkanes of at least 4 members (excludes halogenated alkanes) is 2. The molecule has 15 heteroatoms. The van der Waals surface area contributed by atoms with Crippen molar-refractivity contribution in [2.24, 2.45) is 5.92 Å². The number of carbonyl (C=O) groups excluding carboxylic acids is 3. The molecule has 2 amide bonds. The number of nitrogens with two attached hydrogens (primary N) is 1. The van der Waals surface area contributed by atoms with Gasteiger partial charge in [0.15, 0.2) is 5.82 Å². The number of esters is 1. The number of amides is 2. The highest BCUT2D eigenvalue weighted by Gasteiger charge is 2.32. The van der Waals surface area contributed by atoms with E-state index < -0.39 is 23.7 Å². The van der Waals surface area contributed by atoms with E-state index in [1.54, 1.807) is 20.8 Å². The Labute approximate surface area is 405 Å². The molecule has 1 atom stereocenters. The Balaban J connectivity index is 0.734. The fourth-order valence-electron chi connectivity index (χ4n) is 9.95. The van der Waals surface area contributed by atoms with E-state index in [4.69, 9.17) is 34.6 Å². The zero-order chi connectivity index (χ0) is 47.6. The van der Waals surface area contributed by atoms with Gasteiger partial charge in [-0.25, -0.2) is 19.6 Å². The second kappa shape index (κ2) is 23.0. The van der Waals surface area contributed by atoms with E-state index in [-0.39, 0.29) is 24.9 Å². The van der Waals surface area contributed by atoms with E-state index in [9.17, 15) is 14.4 Å². The number of hydrogen-bond donors (Lipinski definition) is 3. The number of thiophene rings is 1. The smallest absolute Gasteiger partial charge is 0.407 e. The van der Waals surface area contributed by atoms with Crippen LogP contribution in [0.25, 0.3) is 32.4 Å². The van der Waals surface area contributed by atoms with Crippen molar-refractivity contribution in [1.82, 2.24) is 30.1 Å². The van der Waals surface area contributed by atoms with Gasteiger partial charge in [0.2, 0.25) is 5.91 Å². The molecule has 2 saturated heterocycles. The van der Waals surface area contributed by atoms with E-state index in [0.29, 0.717) is 56.7 Å². The summed E-state index contributed by atoms with van der Waals surface area (Å²) in [6.45, 7) is 14.6. The summed E-state index contributed by atoms with van der Waals surface area (Å²) in [5.41, 5.74) is 13.4. The number of piperidine rings is 1. The summed E-state index contributed by atoms with van der Waals surface area (Å²) in [6.07, 6.45) is 8.62. The van der Waals surface area contributed by atoms with E-state index >= 15 is 0 Å². The van der Waals surface area contributed by atoms with E-state index in [0.717, 1.165) is 129 Å². The molecule has 0 spiro atoms. The summed E-state index contributed by atoms with van der Waals surface area (Å²) < 4.78 is 26.6. The molecule has 2 aliphatic heterocycles. The zero-order valence-corrected chi connectivity index (χ0v) is 41.3. The Hall–Kier alpha value is -5.09. The molecule has 0 bridgehead atoms. The fraction of sp³-hybridized carbons (Fsp3) is 0.566. The van der Waals surface area contributed by atoms with Crippen LogP contribution in [0.3, 0.4) is 0 Å². The van der Waals surface area contributed by atoms with Crippen LogP contribution in [0.15, 0.2) is 54.6 Å². The number of benzene rings is 2. The van der Waals surface area contributed by atoms with Crippen molar-refractivity contribution in [1.29, 1.82) is 0 Å². The van der Waals surface area contributed by atoms with Crippen molar-refractivity contribution in [2.75, 3.05) is 64.9 Å². The molecule has 68 heavy (non-hydrogen) atoms. The van der Waals surface area contributed by atoms with Gasteiger partial charge in [-0.05, 0) is 125 Å². The predicted molar refractivity (Wildman–Crippen MR) is 268 cm³/mol. The number of carbonyl (C=O) groups is 3. The van der Waals surface area contributed by atoms with Crippen LogP contribution in [0.2, 0.25) is 0 Å². The molecule has 3 aliphatic rings. The third kappa shape index (κ3) is 12.4. The lowest BCUT2D eigenvalue weighted by atomic mass is 9.95. The van der Waals surface area contributed by atoms with Crippen molar-refractivity contribution in [3.63, 3.8) is 0 Å². The minimum Gasteiger partial charge on any atom is -0.458 e. The fourth-order valence-corrected chi connectivity index (χ4v) is 11.3. The monoisotopic (exact) mass is 950 g/mol. The minimum absolute atomic E-state index is 0.0769. The number of nitrogens with zero attached hydrogens (tertiary/aromatic N) is 4. The molecule has 5 heterocycles. The van der Waals surface area contributed by atoms with Gasteiger partial charge in [-0.3, -0.25) is 4.79 Å². The van der Waals surface area contributed by atoms with Gasteiger partial charge in [0.1, 0.15) is 29.6 Å². The van der Waals surface area contributed by atoms with E-state index in [2.05, 4.69) is 57.4 Å². The van der Waals surface area contributed by atoms with Crippen molar-refractivity contribution < 1.29 is 33.3 Å². The molecule has 8 rings (SSSR count). The minimum atomic E-state index is -0.883. The molecule has 2 fully saturated rings. The van der Waals surface area contributed by atoms with Crippen LogP contribution in [0, 0.1) is 5.92 Å². The number of aryl methyl sites for hydroxylation is 1. The first-order chi connectivity index (χ1) is 33.0. The number of nitrogens with one attached hydrogen (secondary N) is 2. The number of likely N-dealkylation sites (tertiary alicyclic amines) is 1. The molecule has 14 nitrogen and oxygen atoms in total. The maximum atomic E-state index is 13.2. The summed E-state index contributed by atoms with van der Waals surface area (Å²) in [5, 5.41) is 5.73. The second-order valence-corrected chi connectivity index (χ2v) is 20.8. The number of rotatable bonds is 21. The van der Waals surface area contributed by atoms with Gasteiger partial charge in [-0.1, -0.05) is 61.9 Å². The zero-order valence-electron chi connectivity index (χ0n) is 40.5. The van der Waals surface area contributed by atoms with Crippen LogP contribution in [0.5, 0.6) is 0 Å². The SMILES string of the molecule is CCCCc1nc2c(N)nc3cc(C4CCN(CCOCCC(=O)NCCCC[C@H](NC(=O)OCC5c6ccccc6-c6ccccc65)C(=O)OC(C)(C)C)CC4)sc3c2n1CC1CCOCC1. The van der Waals surface area contributed by atoms with Crippen LogP contribution in [-0.2, 0) is 41.5 Å². The molecule has 0 saturated carbocycles. The molecule has 3 aromatic heterocycles. The van der Waals surface area contributed by atoms with E-state index in [1.807, 2.05) is 35.6 Å². The number of ether oxygens (including phenoxy) is 4. The molecular weight excluding hydrogens is 879 g/mol. The third-order valence-electron chi connectivity index (χ3n) is 13.6. The number of anilines is 1. The van der Waals surface area contributed by atoms with Crippen LogP contribution >= 0.6 is 11.3 Å². The van der Waals surface area contributed by atoms with Gasteiger partial charge >= 0.3 is 12.1 Å². The summed E-state index contributed by atoms with van der Waals surface area (Å²) in [5.74, 6) is 2.01. The van der Waals surface area contributed by atoms with Gasteiger partial charge in [-0.2, -0.15) is 0 Å². The predicted octanol–water partition coefficient (Wildman–Crippen LogP) is 9.12. The molecule has 4 N–H and O–H groups in total. The molecule has 0 radical (unpaired) electrons. The number of aromatic nitrogens is 3. The highest BCUT2D eigenvalue weighted by Crippen LogP contribution is 2.45. The Morgan fingerprint density at radius 3 is 2.37 bits per heavy atom. The number of alkyl carbamates (subject to hydrolysis) is 1. The van der Waals surface area contributed by atoms with Crippen LogP contribution in [0.1, 0.15) is 126 Å². The Bertz CT molecular complexity index is 2460. The normalized spacial score (nSPS) is 16.5. The number of fused-ring (bicyclic) bond motifs is 6. The average Bonchev–Trinajstić information content (AvgIpc) is 4.01. The average molecular weight is 950 g/mol. The molecule has 2 aromatic carbocycles. The lowest BCUT2D eigenvalue weighted by Gasteiger charge is -2.31. The first-order valence-electron chi connectivity index (χ1n) is 25.0. The third-order valence-corrected chi connectivity index (χ3v) is 14.9. The summed E-state index contributed by atoms with van der Waals surface area (Å²) in [7, 11) is 0. The van der Waals surface area contributed by atoms with Crippen LogP contribution in [0.4, 0.5) is 10.6 Å². The number of hydrogen-bond acceptors (Lipinski definition) is 12. The maximum Gasteiger partial charge on any atom is 0.407 e. The first-order valence-corrected chi connectivity index (χ1v) is 25.8. The van der Waals surface area contributed by atoms with Gasteiger partial charge in [0.25, 0.3) is 0 Å². The van der Waals surface area contributed by atoms with Gasteiger partial charge in [0.05, 0.1) is 28.9 Å². The summed E-state index contributed by atoms with van der Waals surface area (Å²) in [6, 6.07) is 17.7. The van der Waals surface area contributed by atoms with Crippen LogP contribution < -0.4 is 16.4 Å². The van der Waals surface area contributed by atoms with Crippen molar-refractivity contribution in [2.45, 2.75) is 128 Å². The maximum absolute atomic E-state index is 13.2. The van der Waals surface area contributed by atoms with Gasteiger partial charge < -0.3 is 44.8 Å². The van der Waals surface area contributed by atoms with Crippen LogP contribution in [-0.4, -0.2) is 108 Å². The van der Waals surface area contributed by atoms with E-state index in [1.165, 1.54) is 9.58 Å². The van der Waals surface area contributed by atoms with Crippen molar-refractivity contribution in [3.8, 4) is 11.1 Å². The van der Waals surface area contributed by atoms with Gasteiger partial charge in [-0.15, -0.1) is 11.3 Å². The lowest BCUT2D eigenvalue weighted by molar-refractivity contribution is -0.157. The molecular formula is C53H71N7O7S. The summed E-state index contributed by atoms with van der Waals surface area (Å²) in [4.78, 5) is 52.7. The highest BCUT2D eigenvalue weighted by atomic mass is 32.1. The number of nitrogen functional groups attached to an aromatic ring is 1. The Kier molecular flexibility index (Phi) is 16.7. The molecule has 0 unspecified atom stereocenters. The quantitative estimate of drug-likeness (QED) is 0.0473. The number of pyridine rings is 1. The molecule has 366 valence electrons. The van der Waals surface area contributed by atoms with Crippen molar-refractivity contribution in [3.05, 3.63) is 76.4 Å².